The van der Waals surface area contributed by atoms with E-state index in [1.807, 2.05) is 20.2 Å². The highest BCUT2D eigenvalue weighted by atomic mass is 16.5. The van der Waals surface area contributed by atoms with Crippen molar-refractivity contribution in [3.8, 4) is 0 Å². The first-order valence-electron chi connectivity index (χ1n) is 6.21. The first-order valence-corrected chi connectivity index (χ1v) is 6.21. The fraction of sp³-hybridized carbons (Fsp3) is 0.538. The molecule has 5 heteroatoms. The van der Waals surface area contributed by atoms with E-state index in [4.69, 9.17) is 4.74 Å². The molecule has 98 valence electrons. The maximum absolute atomic E-state index is 12.2. The largest absolute Gasteiger partial charge is 0.387 e. The second-order valence-corrected chi connectivity index (χ2v) is 4.44. The van der Waals surface area contributed by atoms with Crippen LogP contribution in [0.1, 0.15) is 23.3 Å². The average molecular weight is 249 g/mol. The van der Waals surface area contributed by atoms with E-state index in [2.05, 4.69) is 10.3 Å². The number of amides is 1. The fourth-order valence-electron chi connectivity index (χ4n) is 2.09. The molecule has 1 aromatic rings. The zero-order valence-corrected chi connectivity index (χ0v) is 10.8. The van der Waals surface area contributed by atoms with Crippen LogP contribution in [0.3, 0.4) is 0 Å². The fourth-order valence-corrected chi connectivity index (χ4v) is 2.09. The molecule has 18 heavy (non-hydrogen) atoms. The SMILES string of the molecule is CNc1ccc(C(=O)N(C)C2CCOCC2)nc1. The highest BCUT2D eigenvalue weighted by Crippen LogP contribution is 2.15. The summed E-state index contributed by atoms with van der Waals surface area (Å²) >= 11 is 0. The Bertz CT molecular complexity index is 399. The Hall–Kier alpha value is -1.62. The van der Waals surface area contributed by atoms with Gasteiger partial charge in [0.05, 0.1) is 11.9 Å². The van der Waals surface area contributed by atoms with Gasteiger partial charge in [-0.05, 0) is 25.0 Å². The Labute approximate surface area is 107 Å². The highest BCUT2D eigenvalue weighted by molar-refractivity contribution is 5.92. The lowest BCUT2D eigenvalue weighted by atomic mass is 10.1. The van der Waals surface area contributed by atoms with E-state index in [-0.39, 0.29) is 11.9 Å². The standard InChI is InChI=1S/C13H19N3O2/c1-14-10-3-4-12(15-9-10)13(17)16(2)11-5-7-18-8-6-11/h3-4,9,11,14H,5-8H2,1-2H3. The molecule has 5 nitrogen and oxygen atoms in total. The lowest BCUT2D eigenvalue weighted by Gasteiger charge is -2.31. The zero-order valence-electron chi connectivity index (χ0n) is 10.8. The number of carbonyl (C=O) groups excluding carboxylic acids is 1. The smallest absolute Gasteiger partial charge is 0.272 e. The number of nitrogens with one attached hydrogen (secondary N) is 1. The van der Waals surface area contributed by atoms with Crippen molar-refractivity contribution in [1.82, 2.24) is 9.88 Å². The van der Waals surface area contributed by atoms with E-state index in [9.17, 15) is 4.79 Å². The van der Waals surface area contributed by atoms with E-state index >= 15 is 0 Å². The Balaban J connectivity index is 2.04. The van der Waals surface area contributed by atoms with Crippen molar-refractivity contribution in [2.45, 2.75) is 18.9 Å². The summed E-state index contributed by atoms with van der Waals surface area (Å²) in [4.78, 5) is 18.2. The number of hydrogen-bond acceptors (Lipinski definition) is 4. The van der Waals surface area contributed by atoms with Crippen LogP contribution < -0.4 is 5.32 Å². The van der Waals surface area contributed by atoms with E-state index in [1.165, 1.54) is 0 Å². The van der Waals surface area contributed by atoms with Gasteiger partial charge in [-0.25, -0.2) is 4.98 Å². The molecule has 0 atom stereocenters. The topological polar surface area (TPSA) is 54.5 Å². The van der Waals surface area contributed by atoms with Gasteiger partial charge in [0.25, 0.3) is 5.91 Å². The third kappa shape index (κ3) is 2.79. The summed E-state index contributed by atoms with van der Waals surface area (Å²) in [5.41, 5.74) is 1.39. The molecule has 0 radical (unpaired) electrons. The first kappa shape index (κ1) is 12.8. The van der Waals surface area contributed by atoms with Crippen LogP contribution in [0.25, 0.3) is 0 Å². The molecule has 1 aromatic heterocycles. The number of hydrogen-bond donors (Lipinski definition) is 1. The van der Waals surface area contributed by atoms with Crippen molar-refractivity contribution in [3.63, 3.8) is 0 Å². The molecular formula is C13H19N3O2. The summed E-state index contributed by atoms with van der Waals surface area (Å²) in [6.45, 7) is 1.46. The van der Waals surface area contributed by atoms with Crippen LogP contribution in [-0.4, -0.2) is 49.1 Å². The summed E-state index contributed by atoms with van der Waals surface area (Å²) in [5, 5.41) is 2.98. The van der Waals surface area contributed by atoms with Crippen molar-refractivity contribution < 1.29 is 9.53 Å². The van der Waals surface area contributed by atoms with Crippen LogP contribution in [-0.2, 0) is 4.74 Å². The number of pyridine rings is 1. The van der Waals surface area contributed by atoms with Crippen LogP contribution >= 0.6 is 0 Å². The molecule has 2 rings (SSSR count). The van der Waals surface area contributed by atoms with E-state index in [1.54, 1.807) is 17.2 Å². The van der Waals surface area contributed by atoms with E-state index in [0.29, 0.717) is 5.69 Å². The van der Waals surface area contributed by atoms with Gasteiger partial charge in [-0.15, -0.1) is 0 Å². The quantitative estimate of drug-likeness (QED) is 0.879. The van der Waals surface area contributed by atoms with Crippen molar-refractivity contribution in [1.29, 1.82) is 0 Å². The van der Waals surface area contributed by atoms with Crippen LogP contribution in [0.5, 0.6) is 0 Å². The molecule has 1 amide bonds. The van der Waals surface area contributed by atoms with Gasteiger partial charge in [0.2, 0.25) is 0 Å². The van der Waals surface area contributed by atoms with Gasteiger partial charge in [-0.1, -0.05) is 0 Å². The highest BCUT2D eigenvalue weighted by Gasteiger charge is 2.23. The minimum absolute atomic E-state index is 0.0236. The molecule has 1 aliphatic heterocycles. The maximum atomic E-state index is 12.2. The van der Waals surface area contributed by atoms with Gasteiger partial charge in [0, 0.05) is 33.4 Å². The molecule has 1 aliphatic rings. The van der Waals surface area contributed by atoms with Gasteiger partial charge in [-0.2, -0.15) is 0 Å². The number of rotatable bonds is 3. The first-order chi connectivity index (χ1) is 8.72. The molecule has 1 N–H and O–H groups in total. The maximum Gasteiger partial charge on any atom is 0.272 e. The van der Waals surface area contributed by atoms with Gasteiger partial charge < -0.3 is 15.0 Å². The van der Waals surface area contributed by atoms with Crippen LogP contribution in [0, 0.1) is 0 Å². The summed E-state index contributed by atoms with van der Waals surface area (Å²) in [6.07, 6.45) is 3.47. The third-order valence-electron chi connectivity index (χ3n) is 3.33. The minimum atomic E-state index is -0.0236. The number of anilines is 1. The van der Waals surface area contributed by atoms with Gasteiger partial charge in [0.1, 0.15) is 5.69 Å². The van der Waals surface area contributed by atoms with Crippen molar-refractivity contribution in [3.05, 3.63) is 24.0 Å². The zero-order chi connectivity index (χ0) is 13.0. The lowest BCUT2D eigenvalue weighted by molar-refractivity contribution is 0.0359. The number of ether oxygens (including phenoxy) is 1. The van der Waals surface area contributed by atoms with Crippen molar-refractivity contribution in [2.24, 2.45) is 0 Å². The summed E-state index contributed by atoms with van der Waals surface area (Å²) in [5.74, 6) is -0.0236. The molecule has 0 saturated carbocycles. The second kappa shape index (κ2) is 5.82. The number of carbonyl (C=O) groups is 1. The molecule has 0 aromatic carbocycles. The number of nitrogens with zero attached hydrogens (tertiary/aromatic N) is 2. The molecule has 0 aliphatic carbocycles. The molecule has 1 saturated heterocycles. The number of aromatic nitrogens is 1. The van der Waals surface area contributed by atoms with Crippen LogP contribution in [0.2, 0.25) is 0 Å². The van der Waals surface area contributed by atoms with Gasteiger partial charge in [0.15, 0.2) is 0 Å². The third-order valence-corrected chi connectivity index (χ3v) is 3.33. The minimum Gasteiger partial charge on any atom is -0.387 e. The lowest BCUT2D eigenvalue weighted by Crippen LogP contribution is -2.40. The molecule has 0 bridgehead atoms. The van der Waals surface area contributed by atoms with Crippen molar-refractivity contribution >= 4 is 11.6 Å². The average Bonchev–Trinajstić information content (AvgIpc) is 2.47. The molecule has 1 fully saturated rings. The van der Waals surface area contributed by atoms with Crippen LogP contribution in [0.4, 0.5) is 5.69 Å². The van der Waals surface area contributed by atoms with E-state index < -0.39 is 0 Å². The Kier molecular flexibility index (Phi) is 4.15. The Morgan fingerprint density at radius 3 is 2.72 bits per heavy atom. The van der Waals surface area contributed by atoms with Crippen LogP contribution in [0.15, 0.2) is 18.3 Å². The Morgan fingerprint density at radius 1 is 1.44 bits per heavy atom. The molecular weight excluding hydrogens is 230 g/mol. The summed E-state index contributed by atoms with van der Waals surface area (Å²) in [7, 11) is 3.67. The summed E-state index contributed by atoms with van der Waals surface area (Å²) < 4.78 is 5.30. The molecule has 0 spiro atoms. The molecule has 2 heterocycles. The summed E-state index contributed by atoms with van der Waals surface area (Å²) in [6, 6.07) is 3.87. The molecule has 0 unspecified atom stereocenters. The monoisotopic (exact) mass is 249 g/mol. The normalized spacial score (nSPS) is 16.3. The van der Waals surface area contributed by atoms with Crippen molar-refractivity contribution in [2.75, 3.05) is 32.6 Å². The predicted octanol–water partition coefficient (Wildman–Crippen LogP) is 1.37. The van der Waals surface area contributed by atoms with Gasteiger partial charge >= 0.3 is 0 Å². The predicted molar refractivity (Wildman–Crippen MR) is 69.7 cm³/mol. The Morgan fingerprint density at radius 2 is 2.17 bits per heavy atom. The second-order valence-electron chi connectivity index (χ2n) is 4.44. The van der Waals surface area contributed by atoms with Gasteiger partial charge in [-0.3, -0.25) is 4.79 Å². The van der Waals surface area contributed by atoms with E-state index in [0.717, 1.165) is 31.7 Å².